The zero-order chi connectivity index (χ0) is 10.3. The van der Waals surface area contributed by atoms with E-state index in [-0.39, 0.29) is 11.8 Å². The molecule has 1 aliphatic carbocycles. The maximum absolute atomic E-state index is 11.6. The van der Waals surface area contributed by atoms with Crippen molar-refractivity contribution in [3.05, 3.63) is 0 Å². The Morgan fingerprint density at radius 3 is 2.43 bits per heavy atom. The maximum atomic E-state index is 11.6. The second-order valence-electron chi connectivity index (χ2n) is 4.01. The van der Waals surface area contributed by atoms with Crippen molar-refractivity contribution in [3.8, 4) is 0 Å². The minimum absolute atomic E-state index is 0.103. The van der Waals surface area contributed by atoms with E-state index < -0.39 is 18.0 Å². The number of nitrogens with zero attached hydrogens (tertiary/aromatic N) is 1. The van der Waals surface area contributed by atoms with Crippen molar-refractivity contribution in [1.82, 2.24) is 4.90 Å². The average Bonchev–Trinajstić information content (AvgIpc) is 2.82. The molecule has 2 aliphatic rings. The van der Waals surface area contributed by atoms with Gasteiger partial charge in [0, 0.05) is 13.1 Å². The Morgan fingerprint density at radius 2 is 2.00 bits per heavy atom. The van der Waals surface area contributed by atoms with Crippen molar-refractivity contribution in [1.29, 1.82) is 0 Å². The maximum Gasteiger partial charge on any atom is 0.307 e. The first-order valence-electron chi connectivity index (χ1n) is 4.79. The van der Waals surface area contributed by atoms with Gasteiger partial charge in [-0.25, -0.2) is 0 Å². The topological polar surface area (TPSA) is 77.8 Å². The fourth-order valence-corrected chi connectivity index (χ4v) is 1.92. The number of aliphatic carboxylic acids is 1. The molecule has 14 heavy (non-hydrogen) atoms. The molecule has 2 unspecified atom stereocenters. The van der Waals surface area contributed by atoms with Gasteiger partial charge in [0.25, 0.3) is 0 Å². The molecule has 1 saturated heterocycles. The zero-order valence-electron chi connectivity index (χ0n) is 7.72. The molecular formula is C9H13NO4. The van der Waals surface area contributed by atoms with E-state index >= 15 is 0 Å². The summed E-state index contributed by atoms with van der Waals surface area (Å²) in [6, 6.07) is 0. The first-order chi connectivity index (χ1) is 6.59. The van der Waals surface area contributed by atoms with Crippen LogP contribution in [0.2, 0.25) is 0 Å². The van der Waals surface area contributed by atoms with Crippen LogP contribution < -0.4 is 0 Å². The molecule has 5 nitrogen and oxygen atoms in total. The lowest BCUT2D eigenvalue weighted by atomic mass is 10.3. The van der Waals surface area contributed by atoms with Crippen LogP contribution in [0, 0.1) is 11.8 Å². The first kappa shape index (κ1) is 9.45. The van der Waals surface area contributed by atoms with Gasteiger partial charge in [-0.05, 0) is 12.8 Å². The summed E-state index contributed by atoms with van der Waals surface area (Å²) in [5.74, 6) is -1.81. The largest absolute Gasteiger partial charge is 0.481 e. The third-order valence-corrected chi connectivity index (χ3v) is 2.90. The molecule has 1 amide bonds. The quantitative estimate of drug-likeness (QED) is 0.616. The molecule has 5 heteroatoms. The number of carboxylic acids is 1. The summed E-state index contributed by atoms with van der Waals surface area (Å²) in [7, 11) is 0. The number of aliphatic hydroxyl groups is 1. The number of hydrogen-bond donors (Lipinski definition) is 2. The molecule has 3 atom stereocenters. The number of hydrogen-bond acceptors (Lipinski definition) is 3. The first-order valence-corrected chi connectivity index (χ1v) is 4.79. The van der Waals surface area contributed by atoms with E-state index in [1.165, 1.54) is 0 Å². The highest BCUT2D eigenvalue weighted by molar-refractivity contribution is 5.89. The number of rotatable bonds is 2. The van der Waals surface area contributed by atoms with Crippen molar-refractivity contribution in [2.75, 3.05) is 13.1 Å². The standard InChI is InChI=1S/C9H13NO4/c11-5-1-2-10(4-5)8(12)6-3-7(6)9(13)14/h5-7,11H,1-4H2,(H,13,14)/t5-,6?,7?/m1/s1. The van der Waals surface area contributed by atoms with Crippen molar-refractivity contribution in [3.63, 3.8) is 0 Å². The van der Waals surface area contributed by atoms with Gasteiger partial charge in [0.15, 0.2) is 0 Å². The molecule has 1 heterocycles. The normalized spacial score (nSPS) is 35.8. The Hall–Kier alpha value is -1.10. The monoisotopic (exact) mass is 199 g/mol. The predicted octanol–water partition coefficient (Wildman–Crippen LogP) is -0.700. The molecule has 0 aromatic rings. The van der Waals surface area contributed by atoms with E-state index in [9.17, 15) is 14.7 Å². The van der Waals surface area contributed by atoms with Gasteiger partial charge in [-0.15, -0.1) is 0 Å². The number of carbonyl (C=O) groups excluding carboxylic acids is 1. The van der Waals surface area contributed by atoms with Crippen LogP contribution >= 0.6 is 0 Å². The molecule has 2 N–H and O–H groups in total. The van der Waals surface area contributed by atoms with Gasteiger partial charge in [0.2, 0.25) is 5.91 Å². The van der Waals surface area contributed by atoms with E-state index in [1.807, 2.05) is 0 Å². The minimum Gasteiger partial charge on any atom is -0.481 e. The summed E-state index contributed by atoms with van der Waals surface area (Å²) >= 11 is 0. The molecule has 0 aromatic heterocycles. The third kappa shape index (κ3) is 1.59. The lowest BCUT2D eigenvalue weighted by molar-refractivity contribution is -0.141. The number of carboxylic acid groups (broad SMARTS) is 1. The Morgan fingerprint density at radius 1 is 1.29 bits per heavy atom. The summed E-state index contributed by atoms with van der Waals surface area (Å²) in [6.45, 7) is 0.921. The smallest absolute Gasteiger partial charge is 0.307 e. The van der Waals surface area contributed by atoms with Crippen molar-refractivity contribution >= 4 is 11.9 Å². The summed E-state index contributed by atoms with van der Waals surface area (Å²) in [5.41, 5.74) is 0. The van der Waals surface area contributed by atoms with E-state index in [0.29, 0.717) is 25.9 Å². The lowest BCUT2D eigenvalue weighted by Crippen LogP contribution is -2.31. The summed E-state index contributed by atoms with van der Waals surface area (Å²) in [4.78, 5) is 23.7. The molecule has 78 valence electrons. The molecule has 2 fully saturated rings. The molecule has 0 spiro atoms. The minimum atomic E-state index is -0.886. The SMILES string of the molecule is O=C(O)C1CC1C(=O)N1CC[C@@H](O)C1. The molecule has 0 bridgehead atoms. The van der Waals surface area contributed by atoms with Crippen molar-refractivity contribution < 1.29 is 19.8 Å². The summed E-state index contributed by atoms with van der Waals surface area (Å²) in [5, 5.41) is 17.9. The van der Waals surface area contributed by atoms with Crippen LogP contribution in [0.4, 0.5) is 0 Å². The molecule has 0 radical (unpaired) electrons. The number of β-amino-alcohol motifs (C(OH)–C–C–N with tert-alkyl or cyclic N) is 1. The molecule has 0 aromatic carbocycles. The Labute approximate surface area is 81.3 Å². The van der Waals surface area contributed by atoms with E-state index in [1.54, 1.807) is 4.90 Å². The van der Waals surface area contributed by atoms with Gasteiger partial charge in [0.05, 0.1) is 17.9 Å². The van der Waals surface area contributed by atoms with Crippen LogP contribution in [0.3, 0.4) is 0 Å². The molecule has 1 saturated carbocycles. The third-order valence-electron chi connectivity index (χ3n) is 2.90. The lowest BCUT2D eigenvalue weighted by Gasteiger charge is -2.14. The average molecular weight is 199 g/mol. The Bertz CT molecular complexity index is 278. The Kier molecular flexibility index (Phi) is 2.19. The highest BCUT2D eigenvalue weighted by Crippen LogP contribution is 2.40. The molecule has 2 rings (SSSR count). The van der Waals surface area contributed by atoms with Gasteiger partial charge in [-0.3, -0.25) is 9.59 Å². The van der Waals surface area contributed by atoms with Gasteiger partial charge < -0.3 is 15.1 Å². The zero-order valence-corrected chi connectivity index (χ0v) is 7.72. The van der Waals surface area contributed by atoms with E-state index in [4.69, 9.17) is 5.11 Å². The van der Waals surface area contributed by atoms with Gasteiger partial charge in [-0.2, -0.15) is 0 Å². The van der Waals surface area contributed by atoms with Crippen LogP contribution in [-0.4, -0.2) is 46.2 Å². The van der Waals surface area contributed by atoms with E-state index in [0.717, 1.165) is 0 Å². The summed E-state index contributed by atoms with van der Waals surface area (Å²) < 4.78 is 0. The van der Waals surface area contributed by atoms with E-state index in [2.05, 4.69) is 0 Å². The van der Waals surface area contributed by atoms with Crippen LogP contribution in [0.5, 0.6) is 0 Å². The van der Waals surface area contributed by atoms with Gasteiger partial charge >= 0.3 is 5.97 Å². The highest BCUT2D eigenvalue weighted by Gasteiger charge is 2.50. The fraction of sp³-hybridized carbons (Fsp3) is 0.778. The van der Waals surface area contributed by atoms with Crippen LogP contribution in [0.25, 0.3) is 0 Å². The van der Waals surface area contributed by atoms with Gasteiger partial charge in [-0.1, -0.05) is 0 Å². The number of likely N-dealkylation sites (tertiary alicyclic amines) is 1. The molecule has 1 aliphatic heterocycles. The Balaban J connectivity index is 1.88. The number of amides is 1. The number of carbonyl (C=O) groups is 2. The summed E-state index contributed by atoms with van der Waals surface area (Å²) in [6.07, 6.45) is 0.637. The van der Waals surface area contributed by atoms with Crippen molar-refractivity contribution in [2.45, 2.75) is 18.9 Å². The molecular weight excluding hydrogens is 186 g/mol. The van der Waals surface area contributed by atoms with Crippen LogP contribution in [-0.2, 0) is 9.59 Å². The van der Waals surface area contributed by atoms with Gasteiger partial charge in [0.1, 0.15) is 0 Å². The highest BCUT2D eigenvalue weighted by atomic mass is 16.4. The van der Waals surface area contributed by atoms with Crippen LogP contribution in [0.15, 0.2) is 0 Å². The van der Waals surface area contributed by atoms with Crippen molar-refractivity contribution in [2.24, 2.45) is 11.8 Å². The van der Waals surface area contributed by atoms with Crippen LogP contribution in [0.1, 0.15) is 12.8 Å². The fourth-order valence-electron chi connectivity index (χ4n) is 1.92. The number of aliphatic hydroxyl groups excluding tert-OH is 1. The predicted molar refractivity (Wildman–Crippen MR) is 46.4 cm³/mol. The second kappa shape index (κ2) is 3.24. The second-order valence-corrected chi connectivity index (χ2v) is 4.01.